The van der Waals surface area contributed by atoms with Crippen molar-refractivity contribution < 1.29 is 14.3 Å². The molecule has 8 heteroatoms. The van der Waals surface area contributed by atoms with Crippen molar-refractivity contribution in [3.8, 4) is 5.75 Å². The van der Waals surface area contributed by atoms with Gasteiger partial charge in [-0.15, -0.1) is 11.3 Å². The summed E-state index contributed by atoms with van der Waals surface area (Å²) in [7, 11) is 1.26. The summed E-state index contributed by atoms with van der Waals surface area (Å²) in [4.78, 5) is 29.2. The molecule has 3 heterocycles. The molecular weight excluding hydrogens is 462 g/mol. The first-order valence-corrected chi connectivity index (χ1v) is 12.8. The Labute approximate surface area is 208 Å². The first-order chi connectivity index (χ1) is 17.1. The summed E-state index contributed by atoms with van der Waals surface area (Å²) in [5, 5.41) is 4.31. The number of nitrogens with zero attached hydrogens (tertiary/aromatic N) is 3. The molecule has 0 bridgehead atoms. The van der Waals surface area contributed by atoms with Gasteiger partial charge < -0.3 is 14.4 Å². The lowest BCUT2D eigenvalue weighted by molar-refractivity contribution is 0.173. The monoisotopic (exact) mass is 491 g/mol. The van der Waals surface area contributed by atoms with Gasteiger partial charge in [-0.05, 0) is 66.6 Å². The molecule has 1 fully saturated rings. The van der Waals surface area contributed by atoms with Gasteiger partial charge in [0.25, 0.3) is 5.56 Å². The average Bonchev–Trinajstić information content (AvgIpc) is 3.37. The van der Waals surface area contributed by atoms with Crippen molar-refractivity contribution in [2.24, 2.45) is 0 Å². The van der Waals surface area contributed by atoms with Crippen LogP contribution in [0.3, 0.4) is 0 Å². The van der Waals surface area contributed by atoms with Crippen molar-refractivity contribution in [2.75, 3.05) is 51.3 Å². The van der Waals surface area contributed by atoms with Gasteiger partial charge in [-0.2, -0.15) is 0 Å². The Morgan fingerprint density at radius 3 is 2.66 bits per heavy atom. The fourth-order valence-electron chi connectivity index (χ4n) is 4.68. The molecule has 35 heavy (non-hydrogen) atoms. The number of thiophene rings is 1. The van der Waals surface area contributed by atoms with Crippen LogP contribution in [0.4, 0.5) is 10.5 Å². The van der Waals surface area contributed by atoms with Crippen molar-refractivity contribution in [3.05, 3.63) is 70.3 Å². The SMILES string of the molecule is COC(=O)n1c(=O)ccc2ccc(OCCCCN3CCN(c4cccc5sccc45)CC3)cc21. The van der Waals surface area contributed by atoms with Crippen LogP contribution in [0.25, 0.3) is 21.0 Å². The van der Waals surface area contributed by atoms with Crippen molar-refractivity contribution in [1.29, 1.82) is 0 Å². The van der Waals surface area contributed by atoms with E-state index in [1.54, 1.807) is 23.5 Å². The second kappa shape index (κ2) is 10.5. The van der Waals surface area contributed by atoms with Crippen molar-refractivity contribution in [3.63, 3.8) is 0 Å². The minimum Gasteiger partial charge on any atom is -0.494 e. The zero-order valence-electron chi connectivity index (χ0n) is 19.8. The van der Waals surface area contributed by atoms with Gasteiger partial charge in [0, 0.05) is 54.1 Å². The number of methoxy groups -OCH3 is 1. The Kier molecular flexibility index (Phi) is 7.01. The predicted octanol–water partition coefficient (Wildman–Crippen LogP) is 4.81. The summed E-state index contributed by atoms with van der Waals surface area (Å²) in [6, 6.07) is 17.3. The molecule has 1 aliphatic heterocycles. The van der Waals surface area contributed by atoms with E-state index >= 15 is 0 Å². The second-order valence-corrected chi connectivity index (χ2v) is 9.64. The van der Waals surface area contributed by atoms with Crippen LogP contribution in [-0.4, -0.2) is 62.0 Å². The third-order valence-corrected chi connectivity index (χ3v) is 7.43. The standard InChI is InChI=1S/C27H29N3O4S/c1-33-27(32)30-24-19-21(9-7-20(24)8-10-26(30)31)34-17-3-2-12-28-13-15-29(16-14-28)23-5-4-6-25-22(23)11-18-35-25/h4-11,18-19H,2-3,12-17H2,1H3. The largest absolute Gasteiger partial charge is 0.494 e. The van der Waals surface area contributed by atoms with Crippen LogP contribution >= 0.6 is 11.3 Å². The summed E-state index contributed by atoms with van der Waals surface area (Å²) in [6.07, 6.45) is 1.29. The lowest BCUT2D eigenvalue weighted by Crippen LogP contribution is -2.46. The first kappa shape index (κ1) is 23.4. The number of anilines is 1. The molecule has 4 aromatic rings. The third kappa shape index (κ3) is 5.04. The molecular formula is C27H29N3O4S. The number of rotatable bonds is 7. The summed E-state index contributed by atoms with van der Waals surface area (Å²) in [5.41, 5.74) is 1.41. The molecule has 2 aromatic carbocycles. The van der Waals surface area contributed by atoms with E-state index in [0.29, 0.717) is 17.9 Å². The number of piperazine rings is 1. The number of carbonyl (C=O) groups is 1. The smallest absolute Gasteiger partial charge is 0.421 e. The van der Waals surface area contributed by atoms with E-state index in [1.165, 1.54) is 28.9 Å². The molecule has 0 saturated carbocycles. The average molecular weight is 492 g/mol. The minimum absolute atomic E-state index is 0.423. The molecule has 2 aromatic heterocycles. The third-order valence-electron chi connectivity index (χ3n) is 6.55. The maximum absolute atomic E-state index is 12.2. The minimum atomic E-state index is -0.704. The van der Waals surface area contributed by atoms with E-state index in [1.807, 2.05) is 12.1 Å². The fourth-order valence-corrected chi connectivity index (χ4v) is 5.48. The molecule has 0 atom stereocenters. The predicted molar refractivity (Wildman–Crippen MR) is 141 cm³/mol. The normalized spacial score (nSPS) is 14.5. The summed E-state index contributed by atoms with van der Waals surface area (Å²) < 4.78 is 13.1. The number of carbonyl (C=O) groups excluding carboxylic acids is 1. The number of ether oxygens (including phenoxy) is 2. The molecule has 1 aliphatic rings. The topological polar surface area (TPSA) is 64.0 Å². The molecule has 7 nitrogen and oxygen atoms in total. The molecule has 182 valence electrons. The molecule has 0 radical (unpaired) electrons. The van der Waals surface area contributed by atoms with Crippen molar-refractivity contribution in [2.45, 2.75) is 12.8 Å². The van der Waals surface area contributed by atoms with Crippen LogP contribution in [0.2, 0.25) is 0 Å². The van der Waals surface area contributed by atoms with Gasteiger partial charge in [0.2, 0.25) is 0 Å². The molecule has 0 aliphatic carbocycles. The Bertz CT molecular complexity index is 1390. The van der Waals surface area contributed by atoms with Gasteiger partial charge in [0.1, 0.15) is 5.75 Å². The number of pyridine rings is 1. The zero-order valence-corrected chi connectivity index (χ0v) is 20.6. The second-order valence-electron chi connectivity index (χ2n) is 8.69. The van der Waals surface area contributed by atoms with E-state index in [9.17, 15) is 9.59 Å². The van der Waals surface area contributed by atoms with E-state index < -0.39 is 11.7 Å². The van der Waals surface area contributed by atoms with Crippen LogP contribution in [-0.2, 0) is 4.74 Å². The van der Waals surface area contributed by atoms with Crippen LogP contribution in [0.15, 0.2) is 64.8 Å². The summed E-state index contributed by atoms with van der Waals surface area (Å²) in [5.74, 6) is 0.636. The highest BCUT2D eigenvalue weighted by Gasteiger charge is 2.18. The maximum atomic E-state index is 12.2. The summed E-state index contributed by atoms with van der Waals surface area (Å²) in [6.45, 7) is 5.86. The Hall–Kier alpha value is -3.36. The van der Waals surface area contributed by atoms with Gasteiger partial charge in [-0.25, -0.2) is 9.36 Å². The lowest BCUT2D eigenvalue weighted by Gasteiger charge is -2.36. The lowest BCUT2D eigenvalue weighted by atomic mass is 10.2. The Morgan fingerprint density at radius 2 is 1.83 bits per heavy atom. The van der Waals surface area contributed by atoms with E-state index in [0.717, 1.165) is 55.5 Å². The van der Waals surface area contributed by atoms with E-state index in [2.05, 4.69) is 39.4 Å². The number of fused-ring (bicyclic) bond motifs is 2. The van der Waals surface area contributed by atoms with Gasteiger partial charge >= 0.3 is 6.09 Å². The molecule has 5 rings (SSSR count). The van der Waals surface area contributed by atoms with Crippen LogP contribution in [0, 0.1) is 0 Å². The van der Waals surface area contributed by atoms with Crippen LogP contribution < -0.4 is 15.2 Å². The molecule has 0 amide bonds. The molecule has 0 spiro atoms. The molecule has 0 unspecified atom stereocenters. The fraction of sp³-hybridized carbons (Fsp3) is 0.333. The number of hydrogen-bond donors (Lipinski definition) is 0. The Morgan fingerprint density at radius 1 is 1.00 bits per heavy atom. The highest BCUT2D eigenvalue weighted by molar-refractivity contribution is 7.17. The maximum Gasteiger partial charge on any atom is 0.421 e. The van der Waals surface area contributed by atoms with Crippen LogP contribution in [0.1, 0.15) is 12.8 Å². The first-order valence-electron chi connectivity index (χ1n) is 11.9. The van der Waals surface area contributed by atoms with Crippen molar-refractivity contribution in [1.82, 2.24) is 9.47 Å². The number of hydrogen-bond acceptors (Lipinski definition) is 7. The van der Waals surface area contributed by atoms with E-state index in [-0.39, 0.29) is 0 Å². The van der Waals surface area contributed by atoms with Crippen LogP contribution in [0.5, 0.6) is 5.75 Å². The highest BCUT2D eigenvalue weighted by atomic mass is 32.1. The van der Waals surface area contributed by atoms with Crippen molar-refractivity contribution >= 4 is 44.1 Å². The quantitative estimate of drug-likeness (QED) is 0.346. The van der Waals surface area contributed by atoms with Gasteiger partial charge in [-0.3, -0.25) is 9.69 Å². The highest BCUT2D eigenvalue weighted by Crippen LogP contribution is 2.31. The number of aromatic nitrogens is 1. The van der Waals surface area contributed by atoms with E-state index in [4.69, 9.17) is 9.47 Å². The number of benzene rings is 2. The summed E-state index contributed by atoms with van der Waals surface area (Å²) >= 11 is 1.80. The molecule has 0 N–H and O–H groups in total. The number of unbranched alkanes of at least 4 members (excludes halogenated alkanes) is 1. The Balaban J connectivity index is 1.09. The van der Waals surface area contributed by atoms with Gasteiger partial charge in [0.15, 0.2) is 0 Å². The molecule has 1 saturated heterocycles. The van der Waals surface area contributed by atoms with Gasteiger partial charge in [-0.1, -0.05) is 6.07 Å². The zero-order chi connectivity index (χ0) is 24.2. The van der Waals surface area contributed by atoms with Gasteiger partial charge in [0.05, 0.1) is 19.2 Å².